The Morgan fingerprint density at radius 2 is 1.79 bits per heavy atom. The van der Waals surface area contributed by atoms with E-state index in [-0.39, 0.29) is 0 Å². The highest BCUT2D eigenvalue weighted by Crippen LogP contribution is 2.17. The molecule has 0 heterocycles. The molecule has 0 atom stereocenters. The minimum atomic E-state index is 0.611. The first-order valence-electron chi connectivity index (χ1n) is 4.71. The molecule has 0 saturated heterocycles. The minimum absolute atomic E-state index is 0.611. The standard InChI is InChI=1S/C12H16N2/c1-9-7-11(5-3-4-6-13)8-10(2)12(9)14/h7-8H,4,6,13-14H2,1-2H3. The summed E-state index contributed by atoms with van der Waals surface area (Å²) < 4.78 is 0. The molecule has 0 saturated carbocycles. The van der Waals surface area contributed by atoms with Crippen LogP contribution in [0.1, 0.15) is 23.1 Å². The molecule has 1 aromatic carbocycles. The molecule has 1 rings (SSSR count). The second-order valence-electron chi connectivity index (χ2n) is 3.36. The van der Waals surface area contributed by atoms with Gasteiger partial charge in [-0.25, -0.2) is 0 Å². The van der Waals surface area contributed by atoms with Crippen molar-refractivity contribution in [3.05, 3.63) is 28.8 Å². The fraction of sp³-hybridized carbons (Fsp3) is 0.333. The highest BCUT2D eigenvalue weighted by atomic mass is 14.6. The Kier molecular flexibility index (Phi) is 3.55. The van der Waals surface area contributed by atoms with Gasteiger partial charge in [0.15, 0.2) is 0 Å². The lowest BCUT2D eigenvalue weighted by atomic mass is 10.0. The third kappa shape index (κ3) is 2.51. The Bertz CT molecular complexity index is 360. The van der Waals surface area contributed by atoms with Crippen molar-refractivity contribution in [2.75, 3.05) is 12.3 Å². The van der Waals surface area contributed by atoms with Crippen LogP contribution < -0.4 is 11.5 Å². The van der Waals surface area contributed by atoms with Gasteiger partial charge in [-0.15, -0.1) is 0 Å². The van der Waals surface area contributed by atoms with E-state index in [1.54, 1.807) is 0 Å². The molecule has 0 bridgehead atoms. The lowest BCUT2D eigenvalue weighted by Crippen LogP contribution is -1.96. The van der Waals surface area contributed by atoms with E-state index in [1.165, 1.54) is 0 Å². The molecule has 0 aliphatic heterocycles. The summed E-state index contributed by atoms with van der Waals surface area (Å²) in [5.74, 6) is 6.08. The predicted octanol–water partition coefficient (Wildman–Crippen LogP) is 1.59. The van der Waals surface area contributed by atoms with Crippen molar-refractivity contribution in [2.45, 2.75) is 20.3 Å². The Morgan fingerprint density at radius 1 is 1.21 bits per heavy atom. The third-order valence-corrected chi connectivity index (χ3v) is 2.10. The van der Waals surface area contributed by atoms with Crippen LogP contribution in [0.4, 0.5) is 5.69 Å². The fourth-order valence-corrected chi connectivity index (χ4v) is 1.28. The third-order valence-electron chi connectivity index (χ3n) is 2.10. The summed E-state index contributed by atoms with van der Waals surface area (Å²) in [6, 6.07) is 4.01. The number of rotatable bonds is 1. The number of benzene rings is 1. The Labute approximate surface area is 85.3 Å². The highest BCUT2D eigenvalue weighted by Gasteiger charge is 1.98. The lowest BCUT2D eigenvalue weighted by Gasteiger charge is -2.04. The first kappa shape index (κ1) is 10.6. The maximum Gasteiger partial charge on any atom is 0.0374 e. The van der Waals surface area contributed by atoms with Gasteiger partial charge in [0, 0.05) is 24.2 Å². The minimum Gasteiger partial charge on any atom is -0.398 e. The second-order valence-corrected chi connectivity index (χ2v) is 3.36. The van der Waals surface area contributed by atoms with Crippen LogP contribution in [-0.2, 0) is 0 Å². The number of anilines is 1. The maximum atomic E-state index is 5.84. The zero-order valence-electron chi connectivity index (χ0n) is 8.72. The van der Waals surface area contributed by atoms with Gasteiger partial charge in [-0.05, 0) is 37.1 Å². The van der Waals surface area contributed by atoms with E-state index in [1.807, 2.05) is 26.0 Å². The van der Waals surface area contributed by atoms with Crippen molar-refractivity contribution in [2.24, 2.45) is 5.73 Å². The summed E-state index contributed by atoms with van der Waals surface area (Å²) in [4.78, 5) is 0. The molecule has 4 N–H and O–H groups in total. The van der Waals surface area contributed by atoms with Gasteiger partial charge in [-0.1, -0.05) is 11.8 Å². The highest BCUT2D eigenvalue weighted by molar-refractivity contribution is 5.57. The summed E-state index contributed by atoms with van der Waals surface area (Å²) in [7, 11) is 0. The number of nitrogen functional groups attached to an aromatic ring is 1. The van der Waals surface area contributed by atoms with E-state index < -0.39 is 0 Å². The van der Waals surface area contributed by atoms with Gasteiger partial charge in [-0.3, -0.25) is 0 Å². The number of nitrogens with two attached hydrogens (primary N) is 2. The van der Waals surface area contributed by atoms with E-state index in [0.29, 0.717) is 6.54 Å². The second kappa shape index (κ2) is 4.69. The molecular formula is C12H16N2. The molecule has 0 fully saturated rings. The van der Waals surface area contributed by atoms with Crippen LogP contribution in [0.15, 0.2) is 12.1 Å². The zero-order valence-corrected chi connectivity index (χ0v) is 8.72. The molecule has 0 spiro atoms. The largest absolute Gasteiger partial charge is 0.398 e. The van der Waals surface area contributed by atoms with Gasteiger partial charge in [0.25, 0.3) is 0 Å². The smallest absolute Gasteiger partial charge is 0.0374 e. The van der Waals surface area contributed by atoms with Gasteiger partial charge in [0.05, 0.1) is 0 Å². The normalized spacial score (nSPS) is 9.36. The summed E-state index contributed by atoms with van der Waals surface area (Å²) in [5, 5.41) is 0. The molecule has 0 aliphatic carbocycles. The van der Waals surface area contributed by atoms with Crippen molar-refractivity contribution in [1.82, 2.24) is 0 Å². The molecule has 0 amide bonds. The van der Waals surface area contributed by atoms with Crippen molar-refractivity contribution in [1.29, 1.82) is 0 Å². The monoisotopic (exact) mass is 188 g/mol. The summed E-state index contributed by atoms with van der Waals surface area (Å²) in [5.41, 5.74) is 15.2. The van der Waals surface area contributed by atoms with Gasteiger partial charge in [0.1, 0.15) is 0 Å². The van der Waals surface area contributed by atoms with Crippen LogP contribution in [0.5, 0.6) is 0 Å². The number of aryl methyl sites for hydroxylation is 2. The van der Waals surface area contributed by atoms with E-state index in [9.17, 15) is 0 Å². The number of hydrogen-bond acceptors (Lipinski definition) is 2. The van der Waals surface area contributed by atoms with Crippen LogP contribution in [0, 0.1) is 25.7 Å². The van der Waals surface area contributed by atoms with Crippen LogP contribution in [0.2, 0.25) is 0 Å². The summed E-state index contributed by atoms with van der Waals surface area (Å²) in [6.07, 6.45) is 0.739. The predicted molar refractivity (Wildman–Crippen MR) is 60.9 cm³/mol. The molecule has 0 unspecified atom stereocenters. The van der Waals surface area contributed by atoms with Gasteiger partial charge < -0.3 is 11.5 Å². The van der Waals surface area contributed by atoms with Crippen LogP contribution in [0.25, 0.3) is 0 Å². The maximum absolute atomic E-state index is 5.84. The molecular weight excluding hydrogens is 172 g/mol. The van der Waals surface area contributed by atoms with Crippen molar-refractivity contribution in [3.63, 3.8) is 0 Å². The SMILES string of the molecule is Cc1cc(C#CCCN)cc(C)c1N. The number of hydrogen-bond donors (Lipinski definition) is 2. The van der Waals surface area contributed by atoms with Crippen molar-refractivity contribution in [3.8, 4) is 11.8 Å². The van der Waals surface area contributed by atoms with Crippen LogP contribution in [0.3, 0.4) is 0 Å². The fourth-order valence-electron chi connectivity index (χ4n) is 1.28. The van der Waals surface area contributed by atoms with Crippen LogP contribution >= 0.6 is 0 Å². The molecule has 1 aromatic rings. The lowest BCUT2D eigenvalue weighted by molar-refractivity contribution is 1.03. The van der Waals surface area contributed by atoms with E-state index >= 15 is 0 Å². The van der Waals surface area contributed by atoms with Crippen LogP contribution in [-0.4, -0.2) is 6.54 Å². The van der Waals surface area contributed by atoms with Gasteiger partial charge in [-0.2, -0.15) is 0 Å². The molecule has 0 radical (unpaired) electrons. The molecule has 2 heteroatoms. The average molecular weight is 188 g/mol. The van der Waals surface area contributed by atoms with Crippen molar-refractivity contribution >= 4 is 5.69 Å². The Hall–Kier alpha value is -1.46. The average Bonchev–Trinajstić information content (AvgIpc) is 2.14. The quantitative estimate of drug-likeness (QED) is 0.519. The Balaban J connectivity index is 2.97. The molecule has 74 valence electrons. The van der Waals surface area contributed by atoms with Gasteiger partial charge >= 0.3 is 0 Å². The van der Waals surface area contributed by atoms with Gasteiger partial charge in [0.2, 0.25) is 0 Å². The topological polar surface area (TPSA) is 52.0 Å². The molecule has 14 heavy (non-hydrogen) atoms. The van der Waals surface area contributed by atoms with E-state index in [0.717, 1.165) is 28.8 Å². The molecule has 0 aliphatic rings. The zero-order chi connectivity index (χ0) is 10.6. The summed E-state index contributed by atoms with van der Waals surface area (Å²) >= 11 is 0. The van der Waals surface area contributed by atoms with E-state index in [2.05, 4.69) is 11.8 Å². The first-order valence-corrected chi connectivity index (χ1v) is 4.71. The first-order chi connectivity index (χ1) is 6.65. The molecule has 0 aromatic heterocycles. The van der Waals surface area contributed by atoms with Crippen molar-refractivity contribution < 1.29 is 0 Å². The van der Waals surface area contributed by atoms with E-state index in [4.69, 9.17) is 11.5 Å². The Morgan fingerprint density at radius 3 is 2.29 bits per heavy atom. The molecule has 2 nitrogen and oxygen atoms in total. The summed E-state index contributed by atoms with van der Waals surface area (Å²) in [6.45, 7) is 4.60.